The molecule has 1 N–H and O–H groups in total. The van der Waals surface area contributed by atoms with Gasteiger partial charge in [-0.1, -0.05) is 29.4 Å². The second kappa shape index (κ2) is 9.91. The summed E-state index contributed by atoms with van der Waals surface area (Å²) in [5, 5.41) is 9.25. The summed E-state index contributed by atoms with van der Waals surface area (Å²) in [4.78, 5) is 22.4. The maximum absolute atomic E-state index is 11.3. The van der Waals surface area contributed by atoms with Crippen molar-refractivity contribution in [3.05, 3.63) is 46.6 Å². The third kappa shape index (κ3) is 7.44. The van der Waals surface area contributed by atoms with E-state index >= 15 is 0 Å². The minimum Gasteiger partial charge on any atom is -0.478 e. The van der Waals surface area contributed by atoms with Gasteiger partial charge < -0.3 is 9.84 Å². The van der Waals surface area contributed by atoms with E-state index in [1.54, 1.807) is 0 Å². The predicted molar refractivity (Wildman–Crippen MR) is 95.6 cm³/mol. The Kier molecular flexibility index (Phi) is 8.24. The summed E-state index contributed by atoms with van der Waals surface area (Å²) >= 11 is 0. The standard InChI is InChI=1S/C20H28O4/c1-14(2)7-5-9-17(20(22)23)10-6-8-15(3)11-12-18-16(4)13-19(21)24-18/h7,10-11,13,18H,5-6,8-9,12H2,1-4H3,(H,22,23)/b15-11+,17-10-. The molecular weight excluding hydrogens is 304 g/mol. The lowest BCUT2D eigenvalue weighted by molar-refractivity contribution is -0.138. The number of carboxylic acids is 1. The number of rotatable bonds is 9. The van der Waals surface area contributed by atoms with Gasteiger partial charge in [-0.2, -0.15) is 0 Å². The number of allylic oxidation sites excluding steroid dienone is 4. The molecule has 1 unspecified atom stereocenters. The molecule has 0 spiro atoms. The Balaban J connectivity index is 2.45. The summed E-state index contributed by atoms with van der Waals surface area (Å²) in [7, 11) is 0. The lowest BCUT2D eigenvalue weighted by Crippen LogP contribution is -2.09. The maximum atomic E-state index is 11.3. The molecule has 0 aliphatic carbocycles. The first-order valence-corrected chi connectivity index (χ1v) is 8.39. The van der Waals surface area contributed by atoms with Gasteiger partial charge in [-0.25, -0.2) is 9.59 Å². The largest absolute Gasteiger partial charge is 0.478 e. The van der Waals surface area contributed by atoms with E-state index in [4.69, 9.17) is 4.74 Å². The maximum Gasteiger partial charge on any atom is 0.331 e. The smallest absolute Gasteiger partial charge is 0.331 e. The Bertz CT molecular complexity index is 587. The Labute approximate surface area is 144 Å². The van der Waals surface area contributed by atoms with Crippen LogP contribution in [-0.2, 0) is 14.3 Å². The van der Waals surface area contributed by atoms with Crippen LogP contribution < -0.4 is 0 Å². The van der Waals surface area contributed by atoms with E-state index in [2.05, 4.69) is 12.2 Å². The highest BCUT2D eigenvalue weighted by Gasteiger charge is 2.21. The summed E-state index contributed by atoms with van der Waals surface area (Å²) < 4.78 is 5.19. The number of carbonyl (C=O) groups excluding carboxylic acids is 1. The van der Waals surface area contributed by atoms with Crippen LogP contribution in [0.1, 0.15) is 59.8 Å². The number of hydrogen-bond donors (Lipinski definition) is 1. The normalized spacial score (nSPS) is 18.2. The third-order valence-corrected chi connectivity index (χ3v) is 3.96. The topological polar surface area (TPSA) is 63.6 Å². The first-order chi connectivity index (χ1) is 11.3. The van der Waals surface area contributed by atoms with Crippen LogP contribution in [0.3, 0.4) is 0 Å². The van der Waals surface area contributed by atoms with Gasteiger partial charge in [0.15, 0.2) is 0 Å². The van der Waals surface area contributed by atoms with Crippen LogP contribution in [0.4, 0.5) is 0 Å². The highest BCUT2D eigenvalue weighted by molar-refractivity contribution is 5.86. The van der Waals surface area contributed by atoms with Gasteiger partial charge >= 0.3 is 11.9 Å². The molecule has 0 bridgehead atoms. The van der Waals surface area contributed by atoms with Gasteiger partial charge in [-0.3, -0.25) is 0 Å². The number of aliphatic carboxylic acids is 1. The summed E-state index contributed by atoms with van der Waals surface area (Å²) in [6.07, 6.45) is 10.8. The zero-order valence-corrected chi connectivity index (χ0v) is 15.1. The quantitative estimate of drug-likeness (QED) is 0.376. The van der Waals surface area contributed by atoms with Gasteiger partial charge in [-0.15, -0.1) is 0 Å². The predicted octanol–water partition coefficient (Wildman–Crippen LogP) is 4.73. The number of carboxylic acid groups (broad SMARTS) is 1. The second-order valence-corrected chi connectivity index (χ2v) is 6.49. The van der Waals surface area contributed by atoms with Crippen molar-refractivity contribution >= 4 is 11.9 Å². The van der Waals surface area contributed by atoms with Crippen molar-refractivity contribution in [2.75, 3.05) is 0 Å². The Hall–Kier alpha value is -2.10. The van der Waals surface area contributed by atoms with Crippen molar-refractivity contribution in [1.29, 1.82) is 0 Å². The van der Waals surface area contributed by atoms with Gasteiger partial charge in [0.2, 0.25) is 0 Å². The van der Waals surface area contributed by atoms with Crippen LogP contribution in [0, 0.1) is 0 Å². The number of esters is 1. The molecule has 4 heteroatoms. The van der Waals surface area contributed by atoms with Crippen LogP contribution in [-0.4, -0.2) is 23.1 Å². The van der Waals surface area contributed by atoms with Crippen molar-refractivity contribution in [1.82, 2.24) is 0 Å². The van der Waals surface area contributed by atoms with E-state index in [1.807, 2.05) is 33.8 Å². The van der Waals surface area contributed by atoms with Gasteiger partial charge in [0.25, 0.3) is 0 Å². The molecule has 0 amide bonds. The fourth-order valence-corrected chi connectivity index (χ4v) is 2.48. The summed E-state index contributed by atoms with van der Waals surface area (Å²) in [5.74, 6) is -1.11. The van der Waals surface area contributed by atoms with E-state index in [0.717, 1.165) is 18.4 Å². The van der Waals surface area contributed by atoms with Crippen LogP contribution in [0.5, 0.6) is 0 Å². The third-order valence-electron chi connectivity index (χ3n) is 3.96. The molecule has 4 nitrogen and oxygen atoms in total. The van der Waals surface area contributed by atoms with Crippen LogP contribution in [0.25, 0.3) is 0 Å². The van der Waals surface area contributed by atoms with Crippen molar-refractivity contribution in [3.8, 4) is 0 Å². The van der Waals surface area contributed by atoms with Gasteiger partial charge in [0.1, 0.15) is 6.10 Å². The number of hydrogen-bond acceptors (Lipinski definition) is 3. The van der Waals surface area contributed by atoms with E-state index in [1.165, 1.54) is 17.2 Å². The zero-order chi connectivity index (χ0) is 18.1. The Morgan fingerprint density at radius 2 is 1.83 bits per heavy atom. The molecule has 1 aliphatic rings. The lowest BCUT2D eigenvalue weighted by Gasteiger charge is -2.09. The SMILES string of the molecule is CC(C)=CCC/C(=C/CC/C(C)=C/CC1OC(=O)C=C1C)C(=O)O. The fraction of sp³-hybridized carbons (Fsp3) is 0.500. The number of carbonyl (C=O) groups is 2. The van der Waals surface area contributed by atoms with E-state index in [9.17, 15) is 14.7 Å². The van der Waals surface area contributed by atoms with Crippen molar-refractivity contribution in [2.45, 2.75) is 65.9 Å². The molecule has 0 aromatic heterocycles. The van der Waals surface area contributed by atoms with Crippen LogP contribution in [0.15, 0.2) is 46.6 Å². The highest BCUT2D eigenvalue weighted by atomic mass is 16.5. The van der Waals surface area contributed by atoms with E-state index in [0.29, 0.717) is 24.8 Å². The van der Waals surface area contributed by atoms with Gasteiger partial charge in [-0.05, 0) is 59.0 Å². The average Bonchev–Trinajstić information content (AvgIpc) is 2.80. The summed E-state index contributed by atoms with van der Waals surface area (Å²) in [5.41, 5.74) is 3.81. The fourth-order valence-electron chi connectivity index (χ4n) is 2.48. The molecular formula is C20H28O4. The van der Waals surface area contributed by atoms with Crippen molar-refractivity contribution < 1.29 is 19.4 Å². The monoisotopic (exact) mass is 332 g/mol. The highest BCUT2D eigenvalue weighted by Crippen LogP contribution is 2.20. The zero-order valence-electron chi connectivity index (χ0n) is 15.1. The summed E-state index contributed by atoms with van der Waals surface area (Å²) in [6.45, 7) is 7.94. The van der Waals surface area contributed by atoms with Gasteiger partial charge in [0.05, 0.1) is 0 Å². The molecule has 0 aromatic rings. The average molecular weight is 332 g/mol. The van der Waals surface area contributed by atoms with Crippen molar-refractivity contribution in [3.63, 3.8) is 0 Å². The molecule has 0 saturated carbocycles. The summed E-state index contributed by atoms with van der Waals surface area (Å²) in [6, 6.07) is 0. The van der Waals surface area contributed by atoms with E-state index in [-0.39, 0.29) is 12.1 Å². The molecule has 1 rings (SSSR count). The molecule has 0 aromatic carbocycles. The van der Waals surface area contributed by atoms with Gasteiger partial charge in [0, 0.05) is 18.1 Å². The van der Waals surface area contributed by atoms with E-state index < -0.39 is 5.97 Å². The van der Waals surface area contributed by atoms with Crippen LogP contribution in [0.2, 0.25) is 0 Å². The molecule has 0 saturated heterocycles. The van der Waals surface area contributed by atoms with Crippen LogP contribution >= 0.6 is 0 Å². The minimum absolute atomic E-state index is 0.151. The first kappa shape index (κ1) is 19.9. The van der Waals surface area contributed by atoms with Crippen molar-refractivity contribution in [2.24, 2.45) is 0 Å². The molecule has 0 fully saturated rings. The Morgan fingerprint density at radius 3 is 2.38 bits per heavy atom. The minimum atomic E-state index is -0.836. The molecule has 24 heavy (non-hydrogen) atoms. The molecule has 132 valence electrons. The lowest BCUT2D eigenvalue weighted by atomic mass is 10.0. The molecule has 1 atom stereocenters. The first-order valence-electron chi connectivity index (χ1n) is 8.39. The molecule has 0 radical (unpaired) electrons. The number of ether oxygens (including phenoxy) is 1. The number of cyclic esters (lactones) is 1. The molecule has 1 aliphatic heterocycles. The molecule has 1 heterocycles. The Morgan fingerprint density at radius 1 is 1.17 bits per heavy atom. The second-order valence-electron chi connectivity index (χ2n) is 6.49.